The van der Waals surface area contributed by atoms with Crippen LogP contribution < -0.4 is 10.2 Å². The summed E-state index contributed by atoms with van der Waals surface area (Å²) in [6.45, 7) is 4.25. The third-order valence-electron chi connectivity index (χ3n) is 5.75. The summed E-state index contributed by atoms with van der Waals surface area (Å²) >= 11 is 6.05. The monoisotopic (exact) mass is 418 g/mol. The highest BCUT2D eigenvalue weighted by molar-refractivity contribution is 6.30. The van der Waals surface area contributed by atoms with E-state index in [4.69, 9.17) is 11.6 Å². The first-order chi connectivity index (χ1) is 14.4. The second-order valence-electron chi connectivity index (χ2n) is 7.83. The van der Waals surface area contributed by atoms with Gasteiger partial charge in [-0.05, 0) is 60.9 Å². The molecule has 0 saturated heterocycles. The third kappa shape index (κ3) is 3.59. The van der Waals surface area contributed by atoms with Crippen LogP contribution in [0.15, 0.2) is 72.8 Å². The molecule has 3 aromatic rings. The van der Waals surface area contributed by atoms with E-state index in [0.29, 0.717) is 29.2 Å². The van der Waals surface area contributed by atoms with Crippen LogP contribution in [0, 0.1) is 6.92 Å². The van der Waals surface area contributed by atoms with Crippen LogP contribution in [0.4, 0.5) is 5.69 Å². The molecule has 0 aliphatic carbocycles. The number of hydrogen-bond acceptors (Lipinski definition) is 2. The molecular weight excluding hydrogens is 396 g/mol. The molecule has 4 nitrogen and oxygen atoms in total. The molecule has 0 radical (unpaired) electrons. The highest BCUT2D eigenvalue weighted by Gasteiger charge is 2.47. The van der Waals surface area contributed by atoms with Crippen LogP contribution in [0.5, 0.6) is 0 Å². The SMILES string of the molecule is Cc1ccccc1CNC(=O)[C@@]1(C)Cc2ccccc2C(=O)N1c1ccc(Cl)cc1. The van der Waals surface area contributed by atoms with Gasteiger partial charge in [-0.1, -0.05) is 54.1 Å². The second kappa shape index (κ2) is 7.96. The van der Waals surface area contributed by atoms with Crippen LogP contribution in [0.25, 0.3) is 0 Å². The minimum absolute atomic E-state index is 0.187. The maximum absolute atomic E-state index is 13.5. The Balaban J connectivity index is 1.71. The highest BCUT2D eigenvalue weighted by atomic mass is 35.5. The molecule has 152 valence electrons. The molecule has 0 aromatic heterocycles. The van der Waals surface area contributed by atoms with Gasteiger partial charge in [0.25, 0.3) is 5.91 Å². The van der Waals surface area contributed by atoms with Gasteiger partial charge in [-0.3, -0.25) is 14.5 Å². The summed E-state index contributed by atoms with van der Waals surface area (Å²) < 4.78 is 0. The van der Waals surface area contributed by atoms with E-state index in [2.05, 4.69) is 5.32 Å². The molecule has 1 aliphatic heterocycles. The highest BCUT2D eigenvalue weighted by Crippen LogP contribution is 2.36. The van der Waals surface area contributed by atoms with Crippen molar-refractivity contribution in [3.05, 3.63) is 100 Å². The van der Waals surface area contributed by atoms with Gasteiger partial charge in [-0.25, -0.2) is 0 Å². The minimum atomic E-state index is -1.07. The fourth-order valence-electron chi connectivity index (χ4n) is 4.03. The fraction of sp³-hybridized carbons (Fsp3) is 0.200. The Labute approximate surface area is 181 Å². The molecule has 0 bridgehead atoms. The van der Waals surface area contributed by atoms with Gasteiger partial charge in [-0.15, -0.1) is 0 Å². The first kappa shape index (κ1) is 20.2. The summed E-state index contributed by atoms with van der Waals surface area (Å²) in [5, 5.41) is 3.63. The molecule has 3 aromatic carbocycles. The molecule has 0 unspecified atom stereocenters. The first-order valence-corrected chi connectivity index (χ1v) is 10.3. The molecule has 1 N–H and O–H groups in total. The summed E-state index contributed by atoms with van der Waals surface area (Å²) in [7, 11) is 0. The van der Waals surface area contributed by atoms with E-state index in [9.17, 15) is 9.59 Å². The van der Waals surface area contributed by atoms with E-state index in [-0.39, 0.29) is 11.8 Å². The molecule has 5 heteroatoms. The van der Waals surface area contributed by atoms with Crippen LogP contribution in [-0.4, -0.2) is 17.4 Å². The average Bonchev–Trinajstić information content (AvgIpc) is 2.74. The molecule has 0 saturated carbocycles. The Bertz CT molecular complexity index is 1110. The molecule has 1 heterocycles. The molecule has 4 rings (SSSR count). The van der Waals surface area contributed by atoms with E-state index >= 15 is 0 Å². The lowest BCUT2D eigenvalue weighted by Gasteiger charge is -2.44. The Morgan fingerprint density at radius 1 is 1.03 bits per heavy atom. The standard InChI is InChI=1S/C25H23ClN2O2/c1-17-7-3-4-9-19(17)16-27-24(30)25(2)15-18-8-5-6-10-22(18)23(29)28(25)21-13-11-20(26)12-14-21/h3-14H,15-16H2,1-2H3,(H,27,30)/t25-/m1/s1. The first-order valence-electron chi connectivity index (χ1n) is 9.91. The summed E-state index contributed by atoms with van der Waals surface area (Å²) in [6.07, 6.45) is 0.428. The molecule has 30 heavy (non-hydrogen) atoms. The molecule has 1 aliphatic rings. The van der Waals surface area contributed by atoms with Crippen molar-refractivity contribution in [2.24, 2.45) is 0 Å². The Hall–Kier alpha value is -3.11. The van der Waals surface area contributed by atoms with Gasteiger partial charge in [-0.2, -0.15) is 0 Å². The number of halogens is 1. The van der Waals surface area contributed by atoms with Crippen LogP contribution in [-0.2, 0) is 17.8 Å². The van der Waals surface area contributed by atoms with Crippen molar-refractivity contribution in [2.45, 2.75) is 32.4 Å². The summed E-state index contributed by atoms with van der Waals surface area (Å²) in [6, 6.07) is 22.4. The quantitative estimate of drug-likeness (QED) is 0.653. The number of hydrogen-bond donors (Lipinski definition) is 1. The van der Waals surface area contributed by atoms with Crippen LogP contribution in [0.1, 0.15) is 34.0 Å². The zero-order valence-corrected chi connectivity index (χ0v) is 17.7. The number of carbonyl (C=O) groups excluding carboxylic acids is 2. The second-order valence-corrected chi connectivity index (χ2v) is 8.27. The predicted octanol–water partition coefficient (Wildman–Crippen LogP) is 4.93. The van der Waals surface area contributed by atoms with Gasteiger partial charge in [0.2, 0.25) is 5.91 Å². The zero-order valence-electron chi connectivity index (χ0n) is 17.0. The van der Waals surface area contributed by atoms with E-state index in [1.54, 1.807) is 29.2 Å². The van der Waals surface area contributed by atoms with Crippen LogP contribution in [0.2, 0.25) is 5.02 Å². The number of nitrogens with zero attached hydrogens (tertiary/aromatic N) is 1. The molecule has 0 fully saturated rings. The largest absolute Gasteiger partial charge is 0.350 e. The third-order valence-corrected chi connectivity index (χ3v) is 6.01. The average molecular weight is 419 g/mol. The topological polar surface area (TPSA) is 49.4 Å². The number of nitrogens with one attached hydrogen (secondary N) is 1. The molecule has 1 atom stereocenters. The summed E-state index contributed by atoms with van der Waals surface area (Å²) in [5.41, 5.74) is 3.24. The lowest BCUT2D eigenvalue weighted by atomic mass is 9.82. The molecular formula is C25H23ClN2O2. The number of fused-ring (bicyclic) bond motifs is 1. The summed E-state index contributed by atoms with van der Waals surface area (Å²) in [4.78, 5) is 28.5. The van der Waals surface area contributed by atoms with Crippen LogP contribution in [0.3, 0.4) is 0 Å². The van der Waals surface area contributed by atoms with Crippen molar-refractivity contribution in [1.82, 2.24) is 5.32 Å². The number of anilines is 1. The number of benzene rings is 3. The van der Waals surface area contributed by atoms with Gasteiger partial charge in [0.05, 0.1) is 0 Å². The Morgan fingerprint density at radius 3 is 2.43 bits per heavy atom. The Kier molecular flexibility index (Phi) is 5.35. The maximum Gasteiger partial charge on any atom is 0.259 e. The van der Waals surface area contributed by atoms with Crippen molar-refractivity contribution in [1.29, 1.82) is 0 Å². The molecule has 0 spiro atoms. The number of carbonyl (C=O) groups is 2. The minimum Gasteiger partial charge on any atom is -0.350 e. The number of aryl methyl sites for hydroxylation is 1. The van der Waals surface area contributed by atoms with Crippen molar-refractivity contribution >= 4 is 29.1 Å². The van der Waals surface area contributed by atoms with E-state index < -0.39 is 5.54 Å². The van der Waals surface area contributed by atoms with Crippen molar-refractivity contribution in [2.75, 3.05) is 4.90 Å². The normalized spacial score (nSPS) is 18.1. The summed E-state index contributed by atoms with van der Waals surface area (Å²) in [5.74, 6) is -0.378. The number of amides is 2. The van der Waals surface area contributed by atoms with Gasteiger partial charge in [0, 0.05) is 29.2 Å². The van der Waals surface area contributed by atoms with E-state index in [1.165, 1.54) is 0 Å². The van der Waals surface area contributed by atoms with E-state index in [1.807, 2.05) is 62.4 Å². The zero-order chi connectivity index (χ0) is 21.3. The smallest absolute Gasteiger partial charge is 0.259 e. The van der Waals surface area contributed by atoms with Crippen molar-refractivity contribution in [3.8, 4) is 0 Å². The lowest BCUT2D eigenvalue weighted by molar-refractivity contribution is -0.126. The maximum atomic E-state index is 13.5. The van der Waals surface area contributed by atoms with Gasteiger partial charge in [0.15, 0.2) is 0 Å². The van der Waals surface area contributed by atoms with Gasteiger partial charge < -0.3 is 5.32 Å². The molecule has 2 amide bonds. The lowest BCUT2D eigenvalue weighted by Crippen LogP contribution is -2.63. The van der Waals surface area contributed by atoms with Gasteiger partial charge >= 0.3 is 0 Å². The van der Waals surface area contributed by atoms with Gasteiger partial charge in [0.1, 0.15) is 5.54 Å². The van der Waals surface area contributed by atoms with E-state index in [0.717, 1.165) is 16.7 Å². The Morgan fingerprint density at radius 2 is 1.70 bits per heavy atom. The van der Waals surface area contributed by atoms with Crippen molar-refractivity contribution < 1.29 is 9.59 Å². The van der Waals surface area contributed by atoms with Crippen LogP contribution >= 0.6 is 11.6 Å². The number of rotatable bonds is 4. The predicted molar refractivity (Wildman–Crippen MR) is 120 cm³/mol. The van der Waals surface area contributed by atoms with Crippen molar-refractivity contribution in [3.63, 3.8) is 0 Å². The fourth-order valence-corrected chi connectivity index (χ4v) is 4.15.